The molecule has 1 atom stereocenters. The molecule has 0 aliphatic heterocycles. The minimum absolute atomic E-state index is 0.177. The number of aliphatic hydroxyl groups is 1. The molecule has 7 heteroatoms. The fourth-order valence-electron chi connectivity index (χ4n) is 1.69. The minimum atomic E-state index is -1.03. The van der Waals surface area contributed by atoms with Crippen molar-refractivity contribution in [3.05, 3.63) is 17.0 Å². The largest absolute Gasteiger partial charge is 0.467 e. The van der Waals surface area contributed by atoms with Crippen LogP contribution in [-0.4, -0.2) is 41.9 Å². The molecular weight excluding hydrogens is 252 g/mol. The third-order valence-electron chi connectivity index (χ3n) is 2.79. The molecule has 2 N–H and O–H groups in total. The molecule has 0 saturated carbocycles. The van der Waals surface area contributed by atoms with E-state index in [1.807, 2.05) is 0 Å². The van der Waals surface area contributed by atoms with E-state index in [1.54, 1.807) is 13.8 Å². The standard InChI is InChI=1S/C12H18N2O5/c1-7-9(8(2)19-14-7)4-5-11(16)13-10(6-15)12(17)18-3/h10,15H,4-6H2,1-3H3,(H,13,16)/t10-/m0/s1. The Morgan fingerprint density at radius 2 is 2.16 bits per heavy atom. The van der Waals surface area contributed by atoms with Gasteiger partial charge in [0, 0.05) is 12.0 Å². The number of esters is 1. The number of hydrogen-bond acceptors (Lipinski definition) is 6. The van der Waals surface area contributed by atoms with E-state index in [4.69, 9.17) is 9.63 Å². The molecule has 1 amide bonds. The van der Waals surface area contributed by atoms with Gasteiger partial charge >= 0.3 is 5.97 Å². The average molecular weight is 270 g/mol. The number of rotatable bonds is 6. The first-order valence-corrected chi connectivity index (χ1v) is 5.89. The molecule has 0 aliphatic rings. The van der Waals surface area contributed by atoms with Gasteiger partial charge in [0.25, 0.3) is 0 Å². The maximum atomic E-state index is 11.7. The van der Waals surface area contributed by atoms with Gasteiger partial charge in [0.05, 0.1) is 19.4 Å². The van der Waals surface area contributed by atoms with Crippen LogP contribution in [0.4, 0.5) is 0 Å². The first kappa shape index (κ1) is 15.2. The Morgan fingerprint density at radius 3 is 2.63 bits per heavy atom. The summed E-state index contributed by atoms with van der Waals surface area (Å²) in [6.45, 7) is 3.08. The minimum Gasteiger partial charge on any atom is -0.467 e. The van der Waals surface area contributed by atoms with Crippen molar-refractivity contribution in [1.29, 1.82) is 0 Å². The van der Waals surface area contributed by atoms with E-state index >= 15 is 0 Å². The number of aliphatic hydroxyl groups excluding tert-OH is 1. The number of amides is 1. The highest BCUT2D eigenvalue weighted by Crippen LogP contribution is 2.14. The average Bonchev–Trinajstić information content (AvgIpc) is 2.72. The fraction of sp³-hybridized carbons (Fsp3) is 0.583. The molecule has 106 valence electrons. The summed E-state index contributed by atoms with van der Waals surface area (Å²) in [6.07, 6.45) is 0.642. The zero-order valence-electron chi connectivity index (χ0n) is 11.2. The molecule has 0 radical (unpaired) electrons. The molecular formula is C12H18N2O5. The molecule has 19 heavy (non-hydrogen) atoms. The van der Waals surface area contributed by atoms with Gasteiger partial charge in [0.2, 0.25) is 5.91 Å². The van der Waals surface area contributed by atoms with Crippen LogP contribution in [0.2, 0.25) is 0 Å². The van der Waals surface area contributed by atoms with Gasteiger partial charge in [-0.3, -0.25) is 4.79 Å². The van der Waals surface area contributed by atoms with Crippen molar-refractivity contribution in [1.82, 2.24) is 10.5 Å². The second-order valence-corrected chi connectivity index (χ2v) is 4.13. The van der Waals surface area contributed by atoms with Crippen molar-refractivity contribution in [2.75, 3.05) is 13.7 Å². The number of nitrogens with one attached hydrogen (secondary N) is 1. The number of hydrogen-bond donors (Lipinski definition) is 2. The number of aryl methyl sites for hydroxylation is 2. The normalized spacial score (nSPS) is 12.0. The summed E-state index contributed by atoms with van der Waals surface area (Å²) in [4.78, 5) is 22.9. The van der Waals surface area contributed by atoms with Crippen molar-refractivity contribution in [3.8, 4) is 0 Å². The summed E-state index contributed by atoms with van der Waals surface area (Å²) in [5, 5.41) is 15.2. The number of methoxy groups -OCH3 is 1. The lowest BCUT2D eigenvalue weighted by Gasteiger charge is -2.13. The van der Waals surface area contributed by atoms with E-state index < -0.39 is 18.6 Å². The maximum Gasteiger partial charge on any atom is 0.330 e. The number of nitrogens with zero attached hydrogens (tertiary/aromatic N) is 1. The third kappa shape index (κ3) is 4.06. The summed E-state index contributed by atoms with van der Waals surface area (Å²) < 4.78 is 9.44. The van der Waals surface area contributed by atoms with Gasteiger partial charge in [-0.05, 0) is 20.3 Å². The summed E-state index contributed by atoms with van der Waals surface area (Å²) in [7, 11) is 1.20. The molecule has 0 fully saturated rings. The van der Waals surface area contributed by atoms with Gasteiger partial charge < -0.3 is 19.7 Å². The van der Waals surface area contributed by atoms with Crippen LogP contribution in [0.25, 0.3) is 0 Å². The Morgan fingerprint density at radius 1 is 1.47 bits per heavy atom. The molecule has 0 unspecified atom stereocenters. The van der Waals surface area contributed by atoms with E-state index in [0.29, 0.717) is 12.2 Å². The van der Waals surface area contributed by atoms with Gasteiger partial charge in [-0.25, -0.2) is 4.79 Å². The smallest absolute Gasteiger partial charge is 0.330 e. The van der Waals surface area contributed by atoms with Crippen LogP contribution in [0.15, 0.2) is 4.52 Å². The van der Waals surface area contributed by atoms with Crippen LogP contribution in [0.1, 0.15) is 23.4 Å². The predicted molar refractivity (Wildman–Crippen MR) is 65.3 cm³/mol. The molecule has 0 saturated heterocycles. The van der Waals surface area contributed by atoms with Gasteiger partial charge in [-0.2, -0.15) is 0 Å². The number of ether oxygens (including phenoxy) is 1. The summed E-state index contributed by atoms with van der Waals surface area (Å²) in [6, 6.07) is -1.03. The Labute approximate surface area is 110 Å². The SMILES string of the molecule is COC(=O)[C@H](CO)NC(=O)CCc1c(C)noc1C. The Hall–Kier alpha value is -1.89. The molecule has 0 aliphatic carbocycles. The Bertz CT molecular complexity index is 435. The lowest BCUT2D eigenvalue weighted by Crippen LogP contribution is -2.44. The van der Waals surface area contributed by atoms with Crippen LogP contribution in [0.5, 0.6) is 0 Å². The second-order valence-electron chi connectivity index (χ2n) is 4.13. The van der Waals surface area contributed by atoms with E-state index in [2.05, 4.69) is 15.2 Å². The number of carbonyl (C=O) groups excluding carboxylic acids is 2. The highest BCUT2D eigenvalue weighted by atomic mass is 16.5. The Kier molecular flexibility index (Phi) is 5.50. The topological polar surface area (TPSA) is 102 Å². The van der Waals surface area contributed by atoms with Crippen molar-refractivity contribution in [3.63, 3.8) is 0 Å². The summed E-state index contributed by atoms with van der Waals surface area (Å²) in [5.74, 6) is -0.338. The molecule has 1 aromatic heterocycles. The van der Waals surface area contributed by atoms with Crippen molar-refractivity contribution in [2.24, 2.45) is 0 Å². The zero-order chi connectivity index (χ0) is 14.4. The lowest BCUT2D eigenvalue weighted by molar-refractivity contribution is -0.146. The molecule has 0 bridgehead atoms. The van der Waals surface area contributed by atoms with Gasteiger partial charge in [0.1, 0.15) is 5.76 Å². The van der Waals surface area contributed by atoms with E-state index in [9.17, 15) is 9.59 Å². The van der Waals surface area contributed by atoms with Crippen LogP contribution < -0.4 is 5.32 Å². The van der Waals surface area contributed by atoms with Crippen LogP contribution in [0.3, 0.4) is 0 Å². The molecule has 1 aromatic rings. The highest BCUT2D eigenvalue weighted by molar-refractivity contribution is 5.84. The zero-order valence-corrected chi connectivity index (χ0v) is 11.2. The predicted octanol–water partition coefficient (Wildman–Crippen LogP) is -0.126. The second kappa shape index (κ2) is 6.89. The van der Waals surface area contributed by atoms with Gasteiger partial charge in [-0.1, -0.05) is 5.16 Å². The van der Waals surface area contributed by atoms with Gasteiger partial charge in [0.15, 0.2) is 6.04 Å². The first-order valence-electron chi connectivity index (χ1n) is 5.89. The molecule has 1 heterocycles. The van der Waals surface area contributed by atoms with Crippen LogP contribution >= 0.6 is 0 Å². The molecule has 7 nitrogen and oxygen atoms in total. The van der Waals surface area contributed by atoms with Crippen molar-refractivity contribution >= 4 is 11.9 Å². The quantitative estimate of drug-likeness (QED) is 0.698. The fourth-order valence-corrected chi connectivity index (χ4v) is 1.69. The molecule has 0 aromatic carbocycles. The van der Waals surface area contributed by atoms with Crippen LogP contribution in [0, 0.1) is 13.8 Å². The number of carbonyl (C=O) groups is 2. The van der Waals surface area contributed by atoms with Crippen molar-refractivity contribution < 1.29 is 24.0 Å². The first-order chi connectivity index (χ1) is 8.99. The van der Waals surface area contributed by atoms with E-state index in [-0.39, 0.29) is 12.3 Å². The Balaban J connectivity index is 2.50. The molecule has 1 rings (SSSR count). The van der Waals surface area contributed by atoms with Crippen molar-refractivity contribution in [2.45, 2.75) is 32.7 Å². The monoisotopic (exact) mass is 270 g/mol. The van der Waals surface area contributed by atoms with Crippen LogP contribution in [-0.2, 0) is 20.7 Å². The summed E-state index contributed by atoms with van der Waals surface area (Å²) >= 11 is 0. The van der Waals surface area contributed by atoms with E-state index in [0.717, 1.165) is 11.3 Å². The third-order valence-corrected chi connectivity index (χ3v) is 2.79. The maximum absolute atomic E-state index is 11.7. The highest BCUT2D eigenvalue weighted by Gasteiger charge is 2.20. The number of aromatic nitrogens is 1. The van der Waals surface area contributed by atoms with Gasteiger partial charge in [-0.15, -0.1) is 0 Å². The lowest BCUT2D eigenvalue weighted by atomic mass is 10.1. The molecule has 0 spiro atoms. The van der Waals surface area contributed by atoms with E-state index in [1.165, 1.54) is 7.11 Å². The summed E-state index contributed by atoms with van der Waals surface area (Å²) in [5.41, 5.74) is 1.63.